The first-order chi connectivity index (χ1) is 14.5. The Balaban J connectivity index is 1.62. The van der Waals surface area contributed by atoms with E-state index in [4.69, 9.17) is 0 Å². The third-order valence-electron chi connectivity index (χ3n) is 4.72. The number of amides is 1. The number of rotatable bonds is 6. The highest BCUT2D eigenvalue weighted by Crippen LogP contribution is 2.25. The second-order valence-corrected chi connectivity index (χ2v) is 8.87. The van der Waals surface area contributed by atoms with Crippen molar-refractivity contribution in [2.45, 2.75) is 25.5 Å². The van der Waals surface area contributed by atoms with E-state index in [1.807, 2.05) is 73.8 Å². The maximum Gasteiger partial charge on any atom is 0.276 e. The van der Waals surface area contributed by atoms with E-state index in [-0.39, 0.29) is 17.2 Å². The molecule has 0 saturated carbocycles. The molecular formula is C23H21N3O2S2. The van der Waals surface area contributed by atoms with E-state index in [2.05, 4.69) is 10.3 Å². The van der Waals surface area contributed by atoms with Crippen LogP contribution in [0.25, 0.3) is 15.9 Å². The Morgan fingerprint density at radius 2 is 1.93 bits per heavy atom. The molecule has 0 fully saturated rings. The van der Waals surface area contributed by atoms with Gasteiger partial charge in [-0.05, 0) is 48.1 Å². The number of thioether (sulfide) groups is 1. The zero-order chi connectivity index (χ0) is 21.1. The summed E-state index contributed by atoms with van der Waals surface area (Å²) >= 11 is 2.66. The van der Waals surface area contributed by atoms with Crippen molar-refractivity contribution in [2.75, 3.05) is 5.75 Å². The predicted molar refractivity (Wildman–Crippen MR) is 124 cm³/mol. The highest BCUT2D eigenvalue weighted by Gasteiger charge is 2.17. The molecule has 0 bridgehead atoms. The van der Waals surface area contributed by atoms with E-state index in [0.29, 0.717) is 21.9 Å². The van der Waals surface area contributed by atoms with E-state index in [1.54, 1.807) is 4.57 Å². The zero-order valence-corrected chi connectivity index (χ0v) is 18.3. The van der Waals surface area contributed by atoms with Gasteiger partial charge in [-0.1, -0.05) is 54.2 Å². The van der Waals surface area contributed by atoms with Crippen molar-refractivity contribution >= 4 is 39.2 Å². The van der Waals surface area contributed by atoms with Gasteiger partial charge < -0.3 is 5.32 Å². The molecule has 2 heterocycles. The standard InChI is InChI=1S/C23H21N3O2S2/c1-15-8-9-16(2)19(12-15)26-22(28)21-18(10-11-29-21)25-23(26)30-14-20(27)24-13-17-6-4-3-5-7-17/h3-12H,13-14H2,1-2H3,(H,24,27). The number of nitrogens with one attached hydrogen (secondary N) is 1. The summed E-state index contributed by atoms with van der Waals surface area (Å²) in [5.41, 5.74) is 4.45. The average molecular weight is 436 g/mol. The number of carbonyl (C=O) groups is 1. The lowest BCUT2D eigenvalue weighted by Gasteiger charge is -2.15. The summed E-state index contributed by atoms with van der Waals surface area (Å²) in [6, 6.07) is 17.6. The number of aryl methyl sites for hydroxylation is 2. The Morgan fingerprint density at radius 1 is 1.13 bits per heavy atom. The predicted octanol–water partition coefficient (Wildman–Crippen LogP) is 4.47. The number of nitrogens with zero attached hydrogens (tertiary/aromatic N) is 2. The molecular weight excluding hydrogens is 414 g/mol. The number of benzene rings is 2. The van der Waals surface area contributed by atoms with Gasteiger partial charge in [-0.15, -0.1) is 11.3 Å². The van der Waals surface area contributed by atoms with Gasteiger partial charge in [-0.3, -0.25) is 14.2 Å². The maximum atomic E-state index is 13.2. The van der Waals surface area contributed by atoms with Gasteiger partial charge in [0.05, 0.1) is 17.0 Å². The number of fused-ring (bicyclic) bond motifs is 1. The molecule has 0 spiro atoms. The Labute approximate surface area is 182 Å². The second kappa shape index (κ2) is 8.85. The van der Waals surface area contributed by atoms with Gasteiger partial charge >= 0.3 is 0 Å². The monoisotopic (exact) mass is 435 g/mol. The first kappa shape index (κ1) is 20.4. The average Bonchev–Trinajstić information content (AvgIpc) is 3.22. The quantitative estimate of drug-likeness (QED) is 0.358. The van der Waals surface area contributed by atoms with Crippen LogP contribution < -0.4 is 10.9 Å². The van der Waals surface area contributed by atoms with E-state index >= 15 is 0 Å². The van der Waals surface area contributed by atoms with Crippen molar-refractivity contribution in [3.63, 3.8) is 0 Å². The highest BCUT2D eigenvalue weighted by atomic mass is 32.2. The highest BCUT2D eigenvalue weighted by molar-refractivity contribution is 7.99. The van der Waals surface area contributed by atoms with Crippen molar-refractivity contribution in [2.24, 2.45) is 0 Å². The van der Waals surface area contributed by atoms with Crippen LogP contribution in [0.2, 0.25) is 0 Å². The van der Waals surface area contributed by atoms with Gasteiger partial charge in [-0.25, -0.2) is 4.98 Å². The SMILES string of the molecule is Cc1ccc(C)c(-n2c(SCC(=O)NCc3ccccc3)nc3ccsc3c2=O)c1. The van der Waals surface area contributed by atoms with Gasteiger partial charge in [0.1, 0.15) is 4.70 Å². The number of aromatic nitrogens is 2. The van der Waals surface area contributed by atoms with Crippen LogP contribution in [0.5, 0.6) is 0 Å². The lowest BCUT2D eigenvalue weighted by Crippen LogP contribution is -2.26. The molecule has 0 saturated heterocycles. The molecule has 0 aliphatic rings. The Kier molecular flexibility index (Phi) is 6.01. The molecule has 0 aliphatic heterocycles. The van der Waals surface area contributed by atoms with Crippen LogP contribution in [0, 0.1) is 13.8 Å². The molecule has 7 heteroatoms. The zero-order valence-electron chi connectivity index (χ0n) is 16.7. The Morgan fingerprint density at radius 3 is 2.73 bits per heavy atom. The third kappa shape index (κ3) is 4.32. The van der Waals surface area contributed by atoms with E-state index < -0.39 is 0 Å². The molecule has 0 unspecified atom stereocenters. The van der Waals surface area contributed by atoms with Crippen molar-refractivity contribution < 1.29 is 4.79 Å². The largest absolute Gasteiger partial charge is 0.351 e. The normalized spacial score (nSPS) is 11.0. The van der Waals surface area contributed by atoms with Crippen LogP contribution in [0.3, 0.4) is 0 Å². The van der Waals surface area contributed by atoms with E-state index in [1.165, 1.54) is 23.1 Å². The summed E-state index contributed by atoms with van der Waals surface area (Å²) in [5, 5.41) is 5.31. The van der Waals surface area contributed by atoms with Gasteiger partial charge in [0.15, 0.2) is 5.16 Å². The van der Waals surface area contributed by atoms with Crippen molar-refractivity contribution in [1.82, 2.24) is 14.9 Å². The van der Waals surface area contributed by atoms with E-state index in [9.17, 15) is 9.59 Å². The maximum absolute atomic E-state index is 13.2. The fraction of sp³-hybridized carbons (Fsp3) is 0.174. The molecule has 30 heavy (non-hydrogen) atoms. The Bertz CT molecular complexity index is 1260. The minimum Gasteiger partial charge on any atom is -0.351 e. The Hall–Kier alpha value is -2.90. The fourth-order valence-electron chi connectivity index (χ4n) is 3.14. The van der Waals surface area contributed by atoms with E-state index in [0.717, 1.165) is 22.4 Å². The van der Waals surface area contributed by atoms with Gasteiger partial charge in [0.25, 0.3) is 5.56 Å². The molecule has 0 atom stereocenters. The summed E-state index contributed by atoms with van der Waals surface area (Å²) in [6.07, 6.45) is 0. The minimum absolute atomic E-state index is 0.101. The van der Waals surface area contributed by atoms with Crippen molar-refractivity contribution in [3.8, 4) is 5.69 Å². The second-order valence-electron chi connectivity index (χ2n) is 7.01. The molecule has 1 amide bonds. The number of hydrogen-bond acceptors (Lipinski definition) is 5. The van der Waals surface area contributed by atoms with Gasteiger partial charge in [0.2, 0.25) is 5.91 Å². The summed E-state index contributed by atoms with van der Waals surface area (Å²) < 4.78 is 2.25. The molecule has 0 aliphatic carbocycles. The number of carbonyl (C=O) groups excluding carboxylic acids is 1. The van der Waals surface area contributed by atoms with Crippen LogP contribution >= 0.6 is 23.1 Å². The molecule has 2 aromatic carbocycles. The van der Waals surface area contributed by atoms with Crippen molar-refractivity contribution in [1.29, 1.82) is 0 Å². The van der Waals surface area contributed by atoms with Gasteiger partial charge in [0, 0.05) is 6.54 Å². The van der Waals surface area contributed by atoms with Crippen LogP contribution in [0.4, 0.5) is 0 Å². The first-order valence-electron chi connectivity index (χ1n) is 9.54. The topological polar surface area (TPSA) is 64.0 Å². The summed E-state index contributed by atoms with van der Waals surface area (Å²) in [4.78, 5) is 30.4. The van der Waals surface area contributed by atoms with Crippen molar-refractivity contribution in [3.05, 3.63) is 87.0 Å². The number of thiophene rings is 1. The summed E-state index contributed by atoms with van der Waals surface area (Å²) in [7, 11) is 0. The lowest BCUT2D eigenvalue weighted by molar-refractivity contribution is -0.118. The summed E-state index contributed by atoms with van der Waals surface area (Å²) in [6.45, 7) is 4.44. The van der Waals surface area contributed by atoms with Crippen LogP contribution in [0.1, 0.15) is 16.7 Å². The molecule has 4 rings (SSSR count). The third-order valence-corrected chi connectivity index (χ3v) is 6.55. The molecule has 4 aromatic rings. The minimum atomic E-state index is -0.101. The smallest absolute Gasteiger partial charge is 0.276 e. The molecule has 1 N–H and O–H groups in total. The lowest BCUT2D eigenvalue weighted by atomic mass is 10.1. The number of hydrogen-bond donors (Lipinski definition) is 1. The molecule has 5 nitrogen and oxygen atoms in total. The van der Waals surface area contributed by atoms with Gasteiger partial charge in [-0.2, -0.15) is 0 Å². The first-order valence-corrected chi connectivity index (χ1v) is 11.4. The fourth-order valence-corrected chi connectivity index (χ4v) is 4.73. The molecule has 2 aromatic heterocycles. The van der Waals surface area contributed by atoms with Crippen LogP contribution in [-0.2, 0) is 11.3 Å². The molecule has 152 valence electrons. The van der Waals surface area contributed by atoms with Crippen LogP contribution in [0.15, 0.2) is 69.9 Å². The van der Waals surface area contributed by atoms with Crippen LogP contribution in [-0.4, -0.2) is 21.2 Å². The summed E-state index contributed by atoms with van der Waals surface area (Å²) in [5.74, 6) is 0.0794. The molecule has 0 radical (unpaired) electrons.